The summed E-state index contributed by atoms with van der Waals surface area (Å²) in [4.78, 5) is 39.7. The molecule has 1 saturated carbocycles. The van der Waals surface area contributed by atoms with Crippen molar-refractivity contribution in [2.75, 3.05) is 46.0 Å². The van der Waals surface area contributed by atoms with E-state index in [4.69, 9.17) is 14.5 Å². The number of carbonyl (C=O) groups excluding carboxylic acids is 2. The van der Waals surface area contributed by atoms with E-state index in [1.807, 2.05) is 15.9 Å². The van der Waals surface area contributed by atoms with Crippen LogP contribution < -0.4 is 0 Å². The lowest BCUT2D eigenvalue weighted by Gasteiger charge is -2.51. The van der Waals surface area contributed by atoms with Crippen LogP contribution in [-0.2, 0) is 20.9 Å². The Hall–Kier alpha value is -2.36. The van der Waals surface area contributed by atoms with Gasteiger partial charge in [0.2, 0.25) is 5.91 Å². The third kappa shape index (κ3) is 4.93. The van der Waals surface area contributed by atoms with Gasteiger partial charge in [0.25, 0.3) is 5.91 Å². The summed E-state index contributed by atoms with van der Waals surface area (Å²) in [5.74, 6) is 1.08. The lowest BCUT2D eigenvalue weighted by Crippen LogP contribution is -2.63. The molecule has 8 nitrogen and oxygen atoms in total. The zero-order chi connectivity index (χ0) is 25.6. The van der Waals surface area contributed by atoms with Crippen molar-refractivity contribution in [2.45, 2.75) is 45.6 Å². The van der Waals surface area contributed by atoms with E-state index >= 15 is 0 Å². The molecule has 37 heavy (non-hydrogen) atoms. The molecule has 1 aliphatic carbocycles. The summed E-state index contributed by atoms with van der Waals surface area (Å²) in [5, 5.41) is 0. The predicted molar refractivity (Wildman–Crippen MR) is 139 cm³/mol. The highest BCUT2D eigenvalue weighted by atomic mass is 32.1. The van der Waals surface area contributed by atoms with Crippen molar-refractivity contribution in [2.24, 2.45) is 22.7 Å². The van der Waals surface area contributed by atoms with Gasteiger partial charge in [-0.3, -0.25) is 19.6 Å². The Morgan fingerprint density at radius 2 is 1.92 bits per heavy atom. The molecule has 1 spiro atoms. The fraction of sp³-hybridized carbons (Fsp3) is 0.643. The number of hydrogen-bond acceptors (Lipinski definition) is 7. The van der Waals surface area contributed by atoms with Crippen molar-refractivity contribution in [3.05, 3.63) is 46.2 Å². The molecular formula is C28H36N4O4S. The molecule has 0 radical (unpaired) electrons. The summed E-state index contributed by atoms with van der Waals surface area (Å²) in [5.41, 5.74) is 3.78. The molecule has 2 atom stereocenters. The number of aromatic nitrogens is 2. The highest BCUT2D eigenvalue weighted by Crippen LogP contribution is 2.54. The van der Waals surface area contributed by atoms with Gasteiger partial charge < -0.3 is 19.3 Å². The highest BCUT2D eigenvalue weighted by Gasteiger charge is 2.60. The maximum Gasteiger partial charge on any atom is 0.265 e. The largest absolute Gasteiger partial charge is 0.381 e. The van der Waals surface area contributed by atoms with Crippen LogP contribution in [0, 0.1) is 22.7 Å². The number of pyridine rings is 1. The molecule has 4 fully saturated rings. The molecule has 0 N–H and O–H groups in total. The fourth-order valence-electron chi connectivity index (χ4n) is 6.34. The molecule has 4 aliphatic rings. The van der Waals surface area contributed by atoms with Crippen molar-refractivity contribution in [3.8, 4) is 0 Å². The van der Waals surface area contributed by atoms with Gasteiger partial charge in [-0.05, 0) is 36.8 Å². The van der Waals surface area contributed by atoms with Crippen molar-refractivity contribution in [1.29, 1.82) is 0 Å². The number of thiazole rings is 1. The summed E-state index contributed by atoms with van der Waals surface area (Å²) in [6.45, 7) is 9.63. The third-order valence-corrected chi connectivity index (χ3v) is 9.68. The Labute approximate surface area is 222 Å². The average Bonchev–Trinajstić information content (AvgIpc) is 3.26. The van der Waals surface area contributed by atoms with E-state index in [0.717, 1.165) is 43.9 Å². The SMILES string of the molecule is CC1(C)C[C@@H]1C(=O)N1CC2(CN(C(=O)c3cncs3)C[C@@H]2COCc2cccc(C3CCOCC3)n2)C1. The molecule has 2 aromatic heterocycles. The maximum absolute atomic E-state index is 13.1. The van der Waals surface area contributed by atoms with Crippen LogP contribution in [0.5, 0.6) is 0 Å². The number of likely N-dealkylation sites (tertiary alicyclic amines) is 2. The third-order valence-electron chi connectivity index (χ3n) is 8.91. The minimum atomic E-state index is -0.105. The first-order chi connectivity index (χ1) is 17.8. The normalized spacial score (nSPS) is 26.3. The van der Waals surface area contributed by atoms with Crippen LogP contribution in [-0.4, -0.2) is 77.6 Å². The van der Waals surface area contributed by atoms with Gasteiger partial charge >= 0.3 is 0 Å². The zero-order valence-electron chi connectivity index (χ0n) is 21.7. The lowest BCUT2D eigenvalue weighted by atomic mass is 9.71. The van der Waals surface area contributed by atoms with Crippen molar-refractivity contribution < 1.29 is 19.1 Å². The zero-order valence-corrected chi connectivity index (χ0v) is 22.5. The second-order valence-corrected chi connectivity index (χ2v) is 12.9. The summed E-state index contributed by atoms with van der Waals surface area (Å²) < 4.78 is 11.7. The lowest BCUT2D eigenvalue weighted by molar-refractivity contribution is -0.148. The molecule has 3 aliphatic heterocycles. The smallest absolute Gasteiger partial charge is 0.265 e. The van der Waals surface area contributed by atoms with Crippen molar-refractivity contribution >= 4 is 23.2 Å². The van der Waals surface area contributed by atoms with Crippen LogP contribution >= 0.6 is 11.3 Å². The molecule has 198 valence electrons. The molecule has 5 heterocycles. The quantitative estimate of drug-likeness (QED) is 0.550. The van der Waals surface area contributed by atoms with Gasteiger partial charge in [-0.15, -0.1) is 11.3 Å². The first-order valence-electron chi connectivity index (χ1n) is 13.4. The van der Waals surface area contributed by atoms with Crippen LogP contribution in [0.1, 0.15) is 60.1 Å². The Morgan fingerprint density at radius 3 is 2.62 bits per heavy atom. The minimum absolute atomic E-state index is 0.0308. The molecule has 9 heteroatoms. The van der Waals surface area contributed by atoms with Crippen LogP contribution in [0.2, 0.25) is 0 Å². The molecule has 0 aromatic carbocycles. The maximum atomic E-state index is 13.1. The summed E-state index contributed by atoms with van der Waals surface area (Å²) >= 11 is 1.38. The van der Waals surface area contributed by atoms with Crippen molar-refractivity contribution in [1.82, 2.24) is 19.8 Å². The first-order valence-corrected chi connectivity index (χ1v) is 14.3. The minimum Gasteiger partial charge on any atom is -0.381 e. The summed E-state index contributed by atoms with van der Waals surface area (Å²) in [6, 6.07) is 6.20. The Morgan fingerprint density at radius 1 is 1.16 bits per heavy atom. The Balaban J connectivity index is 1.10. The molecule has 2 amide bonds. The Kier molecular flexibility index (Phi) is 6.57. The summed E-state index contributed by atoms with van der Waals surface area (Å²) in [7, 11) is 0. The number of nitrogens with zero attached hydrogens (tertiary/aromatic N) is 4. The number of carbonyl (C=O) groups is 2. The van der Waals surface area contributed by atoms with Crippen LogP contribution in [0.3, 0.4) is 0 Å². The predicted octanol–water partition coefficient (Wildman–Crippen LogP) is 3.60. The van der Waals surface area contributed by atoms with Crippen LogP contribution in [0.15, 0.2) is 29.9 Å². The standard InChI is InChI=1S/C28H36N4O4S/c1-27(2)10-22(27)25(33)32-16-28(17-32)15-31(26(34)24-11-29-18-37-24)12-20(28)13-36-14-21-4-3-5-23(30-21)19-6-8-35-9-7-19/h3-5,11,18-20,22H,6-10,12-17H2,1-2H3/t20-,22-/m1/s1. The van der Waals surface area contributed by atoms with Crippen LogP contribution in [0.4, 0.5) is 0 Å². The van der Waals surface area contributed by atoms with E-state index in [0.29, 0.717) is 50.2 Å². The number of ether oxygens (including phenoxy) is 2. The van der Waals surface area contributed by atoms with E-state index in [9.17, 15) is 9.59 Å². The van der Waals surface area contributed by atoms with E-state index in [-0.39, 0.29) is 34.5 Å². The van der Waals surface area contributed by atoms with Gasteiger partial charge in [-0.1, -0.05) is 19.9 Å². The van der Waals surface area contributed by atoms with Crippen LogP contribution in [0.25, 0.3) is 0 Å². The topological polar surface area (TPSA) is 84.9 Å². The molecule has 0 unspecified atom stereocenters. The van der Waals surface area contributed by atoms with E-state index in [1.165, 1.54) is 11.3 Å². The second-order valence-electron chi connectivity index (χ2n) is 12.0. The van der Waals surface area contributed by atoms with E-state index < -0.39 is 0 Å². The number of rotatable bonds is 7. The van der Waals surface area contributed by atoms with Gasteiger partial charge in [0, 0.05) is 68.3 Å². The highest BCUT2D eigenvalue weighted by molar-refractivity contribution is 7.11. The van der Waals surface area contributed by atoms with Crippen molar-refractivity contribution in [3.63, 3.8) is 0 Å². The number of hydrogen-bond donors (Lipinski definition) is 0. The van der Waals surface area contributed by atoms with Gasteiger partial charge in [-0.2, -0.15) is 0 Å². The first kappa shape index (κ1) is 24.9. The Bertz CT molecular complexity index is 1140. The second kappa shape index (κ2) is 9.75. The molecule has 0 bridgehead atoms. The average molecular weight is 525 g/mol. The van der Waals surface area contributed by atoms with E-state index in [1.54, 1.807) is 11.7 Å². The van der Waals surface area contributed by atoms with Gasteiger partial charge in [-0.25, -0.2) is 0 Å². The molecule has 2 aromatic rings. The monoisotopic (exact) mass is 524 g/mol. The van der Waals surface area contributed by atoms with E-state index in [2.05, 4.69) is 31.0 Å². The fourth-order valence-corrected chi connectivity index (χ4v) is 6.92. The molecule has 3 saturated heterocycles. The molecule has 6 rings (SSSR count). The number of amides is 2. The van der Waals surface area contributed by atoms with Gasteiger partial charge in [0.15, 0.2) is 0 Å². The molecular weight excluding hydrogens is 488 g/mol. The summed E-state index contributed by atoms with van der Waals surface area (Å²) in [6.07, 6.45) is 4.64. The van der Waals surface area contributed by atoms with Gasteiger partial charge in [0.1, 0.15) is 4.88 Å². The van der Waals surface area contributed by atoms with Gasteiger partial charge in [0.05, 0.1) is 30.6 Å².